The van der Waals surface area contributed by atoms with Gasteiger partial charge in [-0.25, -0.2) is 0 Å². The monoisotopic (exact) mass is 482 g/mol. The largest absolute Gasteiger partial charge is 0.504 e. The van der Waals surface area contributed by atoms with Gasteiger partial charge in [-0.05, 0) is 24.3 Å². The molecule has 1 heterocycles. The highest BCUT2D eigenvalue weighted by Gasteiger charge is 2.55. The number of hydrogen-bond donors (Lipinski definition) is 11. The molecule has 0 spiro atoms. The van der Waals surface area contributed by atoms with Crippen molar-refractivity contribution in [3.63, 3.8) is 0 Å². The molecule has 14 heteroatoms. The molecular weight excluding hydrogens is 460 g/mol. The SMILES string of the molecule is O=C(NC[C@H]1OC(O)[C@@](O)(CNC(=O)c2cc(O)c(O)c(O)c2)C1O)c1cc(O)c(O)c(O)c1. The van der Waals surface area contributed by atoms with Gasteiger partial charge in [0.1, 0.15) is 12.2 Å². The van der Waals surface area contributed by atoms with Crippen LogP contribution in [0, 0.1) is 0 Å². The number of aliphatic hydroxyl groups is 3. The Morgan fingerprint density at radius 2 is 1.21 bits per heavy atom. The van der Waals surface area contributed by atoms with Crippen molar-refractivity contribution in [2.45, 2.75) is 24.1 Å². The van der Waals surface area contributed by atoms with Crippen LogP contribution in [0.5, 0.6) is 34.5 Å². The summed E-state index contributed by atoms with van der Waals surface area (Å²) in [5.74, 6) is -6.52. The molecule has 1 aliphatic rings. The molecule has 14 nitrogen and oxygen atoms in total. The number of nitrogens with one attached hydrogen (secondary N) is 2. The molecular formula is C20H22N2O12. The lowest BCUT2D eigenvalue weighted by molar-refractivity contribution is -0.172. The smallest absolute Gasteiger partial charge is 0.251 e. The minimum atomic E-state index is -2.42. The molecule has 2 aromatic rings. The number of carbonyl (C=O) groups excluding carboxylic acids is 2. The Labute approximate surface area is 190 Å². The minimum absolute atomic E-state index is 0.247. The fraction of sp³-hybridized carbons (Fsp3) is 0.300. The number of ether oxygens (including phenoxy) is 1. The molecule has 0 saturated carbocycles. The van der Waals surface area contributed by atoms with Crippen molar-refractivity contribution in [1.82, 2.24) is 10.6 Å². The zero-order valence-corrected chi connectivity index (χ0v) is 17.2. The van der Waals surface area contributed by atoms with E-state index in [-0.39, 0.29) is 11.1 Å². The molecule has 4 atom stereocenters. The highest BCUT2D eigenvalue weighted by atomic mass is 16.6. The number of aliphatic hydroxyl groups excluding tert-OH is 2. The van der Waals surface area contributed by atoms with Crippen LogP contribution in [0.3, 0.4) is 0 Å². The molecule has 0 radical (unpaired) electrons. The van der Waals surface area contributed by atoms with Crippen LogP contribution in [0.25, 0.3) is 0 Å². The van der Waals surface area contributed by atoms with Crippen LogP contribution in [0.2, 0.25) is 0 Å². The van der Waals surface area contributed by atoms with Crippen molar-refractivity contribution < 1.29 is 60.3 Å². The van der Waals surface area contributed by atoms with Gasteiger partial charge in [-0.2, -0.15) is 0 Å². The van der Waals surface area contributed by atoms with Gasteiger partial charge in [0.2, 0.25) is 0 Å². The summed E-state index contributed by atoms with van der Waals surface area (Å²) in [6, 6.07) is 3.42. The number of benzene rings is 2. The lowest BCUT2D eigenvalue weighted by Gasteiger charge is -2.28. The summed E-state index contributed by atoms with van der Waals surface area (Å²) < 4.78 is 5.07. The van der Waals surface area contributed by atoms with Crippen LogP contribution in [0.15, 0.2) is 24.3 Å². The summed E-state index contributed by atoms with van der Waals surface area (Å²) >= 11 is 0. The van der Waals surface area contributed by atoms with E-state index in [2.05, 4.69) is 10.6 Å². The van der Waals surface area contributed by atoms with Crippen molar-refractivity contribution in [2.24, 2.45) is 0 Å². The van der Waals surface area contributed by atoms with Gasteiger partial charge in [0.05, 0.1) is 6.54 Å². The molecule has 2 amide bonds. The molecule has 0 aromatic heterocycles. The van der Waals surface area contributed by atoms with Crippen molar-refractivity contribution in [2.75, 3.05) is 13.1 Å². The number of hydrogen-bond acceptors (Lipinski definition) is 12. The average Bonchev–Trinajstić information content (AvgIpc) is 3.00. The number of rotatable bonds is 6. The van der Waals surface area contributed by atoms with E-state index in [4.69, 9.17) is 4.74 Å². The Hall–Kier alpha value is -3.98. The van der Waals surface area contributed by atoms with E-state index >= 15 is 0 Å². The van der Waals surface area contributed by atoms with Crippen LogP contribution in [-0.2, 0) is 4.74 Å². The molecule has 3 rings (SSSR count). The molecule has 1 saturated heterocycles. The topological polar surface area (TPSA) is 249 Å². The Morgan fingerprint density at radius 3 is 1.65 bits per heavy atom. The van der Waals surface area contributed by atoms with Crippen LogP contribution < -0.4 is 10.6 Å². The second kappa shape index (κ2) is 9.11. The third-order valence-electron chi connectivity index (χ3n) is 5.26. The van der Waals surface area contributed by atoms with Gasteiger partial charge in [-0.1, -0.05) is 0 Å². The molecule has 2 unspecified atom stereocenters. The van der Waals surface area contributed by atoms with Crippen molar-refractivity contribution in [1.29, 1.82) is 0 Å². The molecule has 184 valence electrons. The van der Waals surface area contributed by atoms with Crippen molar-refractivity contribution in [3.05, 3.63) is 35.4 Å². The predicted octanol–water partition coefficient (Wildman–Crippen LogP) is -2.11. The molecule has 11 N–H and O–H groups in total. The molecule has 0 bridgehead atoms. The number of amides is 2. The second-order valence-electron chi connectivity index (χ2n) is 7.58. The zero-order valence-electron chi connectivity index (χ0n) is 17.2. The van der Waals surface area contributed by atoms with E-state index in [0.29, 0.717) is 0 Å². The predicted molar refractivity (Wildman–Crippen MR) is 109 cm³/mol. The van der Waals surface area contributed by atoms with E-state index in [1.165, 1.54) is 0 Å². The summed E-state index contributed by atoms with van der Waals surface area (Å²) in [5.41, 5.74) is -2.96. The van der Waals surface area contributed by atoms with Crippen LogP contribution in [0.1, 0.15) is 20.7 Å². The molecule has 2 aromatic carbocycles. The van der Waals surface area contributed by atoms with E-state index in [0.717, 1.165) is 24.3 Å². The van der Waals surface area contributed by atoms with E-state index in [1.807, 2.05) is 0 Å². The van der Waals surface area contributed by atoms with Gasteiger partial charge >= 0.3 is 0 Å². The van der Waals surface area contributed by atoms with Crippen LogP contribution in [0.4, 0.5) is 0 Å². The van der Waals surface area contributed by atoms with Gasteiger partial charge < -0.3 is 61.3 Å². The Bertz CT molecular complexity index is 1080. The molecule has 34 heavy (non-hydrogen) atoms. The van der Waals surface area contributed by atoms with Gasteiger partial charge in [0.25, 0.3) is 11.8 Å². The summed E-state index contributed by atoms with van der Waals surface area (Å²) in [7, 11) is 0. The summed E-state index contributed by atoms with van der Waals surface area (Å²) in [4.78, 5) is 24.5. The first-order chi connectivity index (χ1) is 15.8. The van der Waals surface area contributed by atoms with E-state index in [1.54, 1.807) is 0 Å². The standard InChI is InChI=1S/C20H22N2O12/c23-9-1-7(2-10(24)14(9)27)17(30)21-5-13-16(29)20(33,19(32)34-13)6-22-18(31)8-3-11(25)15(28)12(26)4-8/h1-4,13,16,19,23-29,32-33H,5-6H2,(H,21,30)(H,22,31)/t13-,16?,19?,20-/m1/s1. The fourth-order valence-corrected chi connectivity index (χ4v) is 3.27. The Morgan fingerprint density at radius 1 is 0.794 bits per heavy atom. The average molecular weight is 482 g/mol. The second-order valence-corrected chi connectivity index (χ2v) is 7.58. The summed E-state index contributed by atoms with van der Waals surface area (Å²) in [6.07, 6.45) is -5.15. The van der Waals surface area contributed by atoms with Crippen LogP contribution in [-0.4, -0.2) is 95.0 Å². The fourth-order valence-electron chi connectivity index (χ4n) is 3.27. The number of phenolic OH excluding ortho intramolecular Hbond substituents is 6. The Balaban J connectivity index is 1.63. The summed E-state index contributed by atoms with van der Waals surface area (Å²) in [5, 5.41) is 92.3. The van der Waals surface area contributed by atoms with Gasteiger partial charge in [-0.3, -0.25) is 9.59 Å². The maximum atomic E-state index is 12.3. The quantitative estimate of drug-likeness (QED) is 0.198. The lowest BCUT2D eigenvalue weighted by atomic mass is 9.94. The highest BCUT2D eigenvalue weighted by Crippen LogP contribution is 2.36. The van der Waals surface area contributed by atoms with Crippen molar-refractivity contribution >= 4 is 11.8 Å². The Kier molecular flexibility index (Phi) is 6.60. The molecule has 1 aliphatic heterocycles. The number of carbonyl (C=O) groups is 2. The van der Waals surface area contributed by atoms with Crippen LogP contribution >= 0.6 is 0 Å². The maximum absolute atomic E-state index is 12.3. The summed E-state index contributed by atoms with van der Waals surface area (Å²) in [6.45, 7) is -1.20. The van der Waals surface area contributed by atoms with Gasteiger partial charge in [-0.15, -0.1) is 0 Å². The minimum Gasteiger partial charge on any atom is -0.504 e. The highest BCUT2D eigenvalue weighted by molar-refractivity contribution is 5.96. The maximum Gasteiger partial charge on any atom is 0.251 e. The zero-order chi connectivity index (χ0) is 25.4. The third-order valence-corrected chi connectivity index (χ3v) is 5.26. The van der Waals surface area contributed by atoms with Crippen molar-refractivity contribution in [3.8, 4) is 34.5 Å². The van der Waals surface area contributed by atoms with Gasteiger partial charge in [0.15, 0.2) is 46.4 Å². The first-order valence-electron chi connectivity index (χ1n) is 9.65. The number of phenols is 6. The molecule has 1 fully saturated rings. The van der Waals surface area contributed by atoms with E-state index < -0.39 is 83.5 Å². The number of aromatic hydroxyl groups is 6. The molecule has 0 aliphatic carbocycles. The third kappa shape index (κ3) is 4.55. The first-order valence-corrected chi connectivity index (χ1v) is 9.65. The van der Waals surface area contributed by atoms with E-state index in [9.17, 15) is 55.5 Å². The normalized spacial score (nSPS) is 24.0. The first kappa shape index (κ1) is 24.7. The lowest BCUT2D eigenvalue weighted by Crippen LogP contribution is -2.56. The van der Waals surface area contributed by atoms with Gasteiger partial charge in [0, 0.05) is 17.7 Å².